The lowest BCUT2D eigenvalue weighted by molar-refractivity contribution is -0.132. The summed E-state index contributed by atoms with van der Waals surface area (Å²) in [4.78, 5) is 34.2. The van der Waals surface area contributed by atoms with E-state index in [0.717, 1.165) is 18.4 Å². The molecule has 0 saturated carbocycles. The van der Waals surface area contributed by atoms with E-state index in [0.29, 0.717) is 11.8 Å². The number of aryl methyl sites for hydroxylation is 1. The molecule has 0 spiro atoms. The highest BCUT2D eigenvalue weighted by Gasteiger charge is 2.16. The lowest BCUT2D eigenvalue weighted by Gasteiger charge is -2.12. The van der Waals surface area contributed by atoms with Gasteiger partial charge in [-0.3, -0.25) is 9.59 Å². The molecule has 0 aliphatic heterocycles. The molecule has 6 nitrogen and oxygen atoms in total. The van der Waals surface area contributed by atoms with Gasteiger partial charge < -0.3 is 13.9 Å². The average molecular weight is 318 g/mol. The van der Waals surface area contributed by atoms with Crippen LogP contribution >= 0.6 is 0 Å². The number of hydrogen-bond acceptors (Lipinski definition) is 6. The van der Waals surface area contributed by atoms with E-state index >= 15 is 0 Å². The van der Waals surface area contributed by atoms with Gasteiger partial charge in [-0.2, -0.15) is 0 Å². The van der Waals surface area contributed by atoms with Gasteiger partial charge in [0.15, 0.2) is 0 Å². The van der Waals surface area contributed by atoms with Crippen LogP contribution in [-0.2, 0) is 16.0 Å². The Morgan fingerprint density at radius 3 is 2.39 bits per heavy atom. The molecule has 0 aliphatic rings. The Morgan fingerprint density at radius 1 is 1.09 bits per heavy atom. The summed E-state index contributed by atoms with van der Waals surface area (Å²) >= 11 is 0. The van der Waals surface area contributed by atoms with E-state index in [9.17, 15) is 14.4 Å². The van der Waals surface area contributed by atoms with Crippen LogP contribution in [-0.4, -0.2) is 11.9 Å². The molecule has 1 heterocycles. The van der Waals surface area contributed by atoms with Gasteiger partial charge in [-0.15, -0.1) is 0 Å². The van der Waals surface area contributed by atoms with Crippen molar-refractivity contribution in [2.75, 3.05) is 0 Å². The van der Waals surface area contributed by atoms with Crippen LogP contribution in [0.1, 0.15) is 39.2 Å². The quantitative estimate of drug-likeness (QED) is 0.479. The molecule has 0 amide bonds. The molecule has 23 heavy (non-hydrogen) atoms. The van der Waals surface area contributed by atoms with Gasteiger partial charge in [-0.25, -0.2) is 4.79 Å². The maximum Gasteiger partial charge on any atom is 0.336 e. The SMILES string of the molecule is CCCCc1cc(=O)oc2cc(OC(C)=O)cc(OC(C)=O)c12. The summed E-state index contributed by atoms with van der Waals surface area (Å²) in [5, 5.41) is 0.546. The van der Waals surface area contributed by atoms with Gasteiger partial charge in [0.05, 0.1) is 5.39 Å². The van der Waals surface area contributed by atoms with E-state index in [1.165, 1.54) is 32.0 Å². The van der Waals surface area contributed by atoms with Crippen molar-refractivity contribution in [1.82, 2.24) is 0 Å². The van der Waals surface area contributed by atoms with Gasteiger partial charge >= 0.3 is 17.6 Å². The van der Waals surface area contributed by atoms with E-state index in [1.807, 2.05) is 6.92 Å². The largest absolute Gasteiger partial charge is 0.426 e. The molecule has 0 atom stereocenters. The van der Waals surface area contributed by atoms with Gasteiger partial charge in [-0.05, 0) is 18.4 Å². The predicted octanol–water partition coefficient (Wildman–Crippen LogP) is 2.99. The van der Waals surface area contributed by atoms with Crippen molar-refractivity contribution < 1.29 is 23.5 Å². The molecule has 2 aromatic rings. The Labute approximate surface area is 133 Å². The number of benzene rings is 1. The fraction of sp³-hybridized carbons (Fsp3) is 0.353. The van der Waals surface area contributed by atoms with E-state index in [-0.39, 0.29) is 17.1 Å². The third-order valence-electron chi connectivity index (χ3n) is 3.18. The zero-order chi connectivity index (χ0) is 17.0. The second-order valence-corrected chi connectivity index (χ2v) is 5.18. The Bertz CT molecular complexity index is 803. The lowest BCUT2D eigenvalue weighted by Crippen LogP contribution is -2.07. The van der Waals surface area contributed by atoms with Crippen LogP contribution in [0, 0.1) is 0 Å². The molecule has 0 fully saturated rings. The van der Waals surface area contributed by atoms with Crippen LogP contribution in [0.15, 0.2) is 27.4 Å². The number of unbranched alkanes of at least 4 members (excludes halogenated alkanes) is 1. The summed E-state index contributed by atoms with van der Waals surface area (Å²) < 4.78 is 15.4. The molecular formula is C17H18O6. The number of hydrogen-bond donors (Lipinski definition) is 0. The third kappa shape index (κ3) is 4.18. The highest BCUT2D eigenvalue weighted by molar-refractivity contribution is 5.91. The van der Waals surface area contributed by atoms with Gasteiger partial charge in [0.25, 0.3) is 0 Å². The first kappa shape index (κ1) is 16.7. The summed E-state index contributed by atoms with van der Waals surface area (Å²) in [6.07, 6.45) is 2.49. The molecule has 1 aromatic carbocycles. The van der Waals surface area contributed by atoms with Crippen LogP contribution in [0.3, 0.4) is 0 Å². The normalized spacial score (nSPS) is 10.6. The van der Waals surface area contributed by atoms with E-state index in [2.05, 4.69) is 0 Å². The average Bonchev–Trinajstić information content (AvgIpc) is 2.42. The first-order valence-electron chi connectivity index (χ1n) is 7.38. The van der Waals surface area contributed by atoms with Gasteiger partial charge in [0.1, 0.15) is 17.1 Å². The van der Waals surface area contributed by atoms with Crippen LogP contribution < -0.4 is 15.1 Å². The predicted molar refractivity (Wildman–Crippen MR) is 83.7 cm³/mol. The van der Waals surface area contributed by atoms with Crippen molar-refractivity contribution in [3.05, 3.63) is 34.2 Å². The zero-order valence-corrected chi connectivity index (χ0v) is 13.3. The summed E-state index contributed by atoms with van der Waals surface area (Å²) in [6, 6.07) is 4.29. The molecule has 0 N–H and O–H groups in total. The Hall–Kier alpha value is -2.63. The Kier molecular flexibility index (Phi) is 5.16. The number of rotatable bonds is 5. The molecule has 2 rings (SSSR count). The second kappa shape index (κ2) is 7.09. The second-order valence-electron chi connectivity index (χ2n) is 5.18. The molecule has 1 aromatic heterocycles. The van der Waals surface area contributed by atoms with E-state index in [1.54, 1.807) is 0 Å². The van der Waals surface area contributed by atoms with Crippen molar-refractivity contribution in [1.29, 1.82) is 0 Å². The molecular weight excluding hydrogens is 300 g/mol. The van der Waals surface area contributed by atoms with Crippen LogP contribution in [0.4, 0.5) is 0 Å². The molecule has 0 aliphatic carbocycles. The smallest absolute Gasteiger partial charge is 0.336 e. The van der Waals surface area contributed by atoms with Gasteiger partial charge in [0, 0.05) is 32.0 Å². The molecule has 122 valence electrons. The number of fused-ring (bicyclic) bond motifs is 1. The van der Waals surface area contributed by atoms with Gasteiger partial charge in [-0.1, -0.05) is 13.3 Å². The molecule has 0 unspecified atom stereocenters. The zero-order valence-electron chi connectivity index (χ0n) is 13.3. The monoisotopic (exact) mass is 318 g/mol. The molecule has 6 heteroatoms. The minimum atomic E-state index is -0.525. The Morgan fingerprint density at radius 2 is 1.78 bits per heavy atom. The first-order valence-corrected chi connectivity index (χ1v) is 7.38. The minimum Gasteiger partial charge on any atom is -0.426 e. The lowest BCUT2D eigenvalue weighted by atomic mass is 10.0. The fourth-order valence-corrected chi connectivity index (χ4v) is 2.34. The van der Waals surface area contributed by atoms with Crippen LogP contribution in [0.2, 0.25) is 0 Å². The van der Waals surface area contributed by atoms with Crippen LogP contribution in [0.25, 0.3) is 11.0 Å². The van der Waals surface area contributed by atoms with Gasteiger partial charge in [0.2, 0.25) is 0 Å². The molecule has 0 saturated heterocycles. The maximum absolute atomic E-state index is 11.8. The summed E-state index contributed by atoms with van der Waals surface area (Å²) in [6.45, 7) is 4.57. The number of esters is 2. The minimum absolute atomic E-state index is 0.150. The third-order valence-corrected chi connectivity index (χ3v) is 3.18. The standard InChI is InChI=1S/C17H18O6/c1-4-5-6-12-7-16(20)23-15-9-13(21-10(2)18)8-14(17(12)15)22-11(3)19/h7-9H,4-6H2,1-3H3. The first-order chi connectivity index (χ1) is 10.9. The summed E-state index contributed by atoms with van der Waals surface area (Å²) in [7, 11) is 0. The number of ether oxygens (including phenoxy) is 2. The van der Waals surface area contributed by atoms with Crippen molar-refractivity contribution in [2.24, 2.45) is 0 Å². The summed E-state index contributed by atoms with van der Waals surface area (Å²) in [5.74, 6) is -0.681. The van der Waals surface area contributed by atoms with E-state index in [4.69, 9.17) is 13.9 Å². The molecule has 0 bridgehead atoms. The van der Waals surface area contributed by atoms with Crippen molar-refractivity contribution in [2.45, 2.75) is 40.0 Å². The topological polar surface area (TPSA) is 82.8 Å². The van der Waals surface area contributed by atoms with Crippen molar-refractivity contribution >= 4 is 22.9 Å². The Balaban J connectivity index is 2.69. The van der Waals surface area contributed by atoms with Crippen LogP contribution in [0.5, 0.6) is 11.5 Å². The summed E-state index contributed by atoms with van der Waals surface area (Å²) in [5.41, 5.74) is 0.458. The number of carbonyl (C=O) groups is 2. The van der Waals surface area contributed by atoms with Crippen molar-refractivity contribution in [3.63, 3.8) is 0 Å². The van der Waals surface area contributed by atoms with E-state index < -0.39 is 17.6 Å². The molecule has 0 radical (unpaired) electrons. The highest BCUT2D eigenvalue weighted by atomic mass is 16.5. The number of carbonyl (C=O) groups excluding carboxylic acids is 2. The maximum atomic E-state index is 11.8. The van der Waals surface area contributed by atoms with Crippen molar-refractivity contribution in [3.8, 4) is 11.5 Å². The fourth-order valence-electron chi connectivity index (χ4n) is 2.34. The highest BCUT2D eigenvalue weighted by Crippen LogP contribution is 2.34.